The van der Waals surface area contributed by atoms with Crippen LogP contribution in [0.25, 0.3) is 0 Å². The molecule has 0 N–H and O–H groups in total. The molecule has 1 amide bonds. The molecule has 1 aromatic rings. The van der Waals surface area contributed by atoms with Crippen molar-refractivity contribution in [3.05, 3.63) is 33.8 Å². The molecular formula is C22H31Cl2NO4Si. The second-order valence-corrected chi connectivity index (χ2v) is 15.2. The maximum absolute atomic E-state index is 13.4. The number of amides is 1. The van der Waals surface area contributed by atoms with E-state index in [0.29, 0.717) is 29.6 Å². The number of hydrogen-bond acceptors (Lipinski definition) is 4. The van der Waals surface area contributed by atoms with Gasteiger partial charge in [-0.25, -0.2) is 0 Å². The smallest absolute Gasteiger partial charge is 0.230 e. The SMILES string of the molecule is CC(C)(C)[Si](C)(C)OCCN1C(=O)C(CC=O)(CC=O)C[C@@H]1c1ccc(Cl)cc1Cl. The Morgan fingerprint density at radius 2 is 1.80 bits per heavy atom. The molecule has 0 unspecified atom stereocenters. The van der Waals surface area contributed by atoms with Crippen molar-refractivity contribution in [1.29, 1.82) is 0 Å². The lowest BCUT2D eigenvalue weighted by Crippen LogP contribution is -2.44. The lowest BCUT2D eigenvalue weighted by atomic mass is 9.78. The zero-order valence-corrected chi connectivity index (χ0v) is 20.8. The molecule has 1 aliphatic heterocycles. The third-order valence-electron chi connectivity index (χ3n) is 6.55. The van der Waals surface area contributed by atoms with Gasteiger partial charge in [0, 0.05) is 29.4 Å². The molecule has 8 heteroatoms. The number of rotatable bonds is 9. The molecule has 0 aliphatic carbocycles. The molecular weight excluding hydrogens is 441 g/mol. The highest BCUT2D eigenvalue weighted by Gasteiger charge is 2.51. The Morgan fingerprint density at radius 3 is 2.30 bits per heavy atom. The van der Waals surface area contributed by atoms with Gasteiger partial charge < -0.3 is 18.9 Å². The maximum atomic E-state index is 13.4. The van der Waals surface area contributed by atoms with E-state index in [0.717, 1.165) is 18.1 Å². The third kappa shape index (κ3) is 5.15. The van der Waals surface area contributed by atoms with Gasteiger partial charge in [0.15, 0.2) is 8.32 Å². The maximum Gasteiger partial charge on any atom is 0.230 e. The number of nitrogens with zero attached hydrogens (tertiary/aromatic N) is 1. The van der Waals surface area contributed by atoms with E-state index in [-0.39, 0.29) is 29.8 Å². The minimum atomic E-state index is -1.98. The first kappa shape index (κ1) is 25.1. The average molecular weight is 472 g/mol. The number of benzene rings is 1. The van der Waals surface area contributed by atoms with Crippen LogP contribution in [-0.4, -0.2) is 44.8 Å². The highest BCUT2D eigenvalue weighted by atomic mass is 35.5. The second kappa shape index (κ2) is 9.51. The van der Waals surface area contributed by atoms with E-state index in [4.69, 9.17) is 27.6 Å². The van der Waals surface area contributed by atoms with Crippen molar-refractivity contribution in [2.24, 2.45) is 5.41 Å². The van der Waals surface area contributed by atoms with Gasteiger partial charge in [-0.05, 0) is 42.2 Å². The highest BCUT2D eigenvalue weighted by Crippen LogP contribution is 2.49. The van der Waals surface area contributed by atoms with Gasteiger partial charge in [-0.15, -0.1) is 0 Å². The monoisotopic (exact) mass is 471 g/mol. The van der Waals surface area contributed by atoms with Crippen LogP contribution in [0.3, 0.4) is 0 Å². The Morgan fingerprint density at radius 1 is 1.20 bits per heavy atom. The summed E-state index contributed by atoms with van der Waals surface area (Å²) in [6.45, 7) is 11.6. The lowest BCUT2D eigenvalue weighted by molar-refractivity contribution is -0.140. The van der Waals surface area contributed by atoms with Gasteiger partial charge in [0.25, 0.3) is 0 Å². The Kier molecular flexibility index (Phi) is 7.94. The van der Waals surface area contributed by atoms with E-state index in [1.807, 2.05) is 6.07 Å². The first-order valence-electron chi connectivity index (χ1n) is 10.2. The van der Waals surface area contributed by atoms with Crippen LogP contribution in [0.5, 0.6) is 0 Å². The predicted molar refractivity (Wildman–Crippen MR) is 122 cm³/mol. The third-order valence-corrected chi connectivity index (χ3v) is 11.6. The Bertz CT molecular complexity index is 797. The van der Waals surface area contributed by atoms with Crippen LogP contribution >= 0.6 is 23.2 Å². The topological polar surface area (TPSA) is 63.7 Å². The molecule has 5 nitrogen and oxygen atoms in total. The van der Waals surface area contributed by atoms with E-state index in [1.54, 1.807) is 17.0 Å². The summed E-state index contributed by atoms with van der Waals surface area (Å²) in [5.74, 6) is -0.198. The minimum Gasteiger partial charge on any atom is -0.415 e. The molecule has 1 saturated heterocycles. The van der Waals surface area contributed by atoms with Gasteiger partial charge in [0.1, 0.15) is 12.6 Å². The largest absolute Gasteiger partial charge is 0.415 e. The molecule has 0 saturated carbocycles. The molecule has 166 valence electrons. The van der Waals surface area contributed by atoms with Crippen molar-refractivity contribution in [3.63, 3.8) is 0 Å². The summed E-state index contributed by atoms with van der Waals surface area (Å²) in [4.78, 5) is 37.8. The molecule has 1 aromatic carbocycles. The first-order valence-corrected chi connectivity index (χ1v) is 13.8. The molecule has 2 rings (SSSR count). The zero-order chi connectivity index (χ0) is 22.7. The minimum absolute atomic E-state index is 0.00583. The fraction of sp³-hybridized carbons (Fsp3) is 0.591. The van der Waals surface area contributed by atoms with Crippen molar-refractivity contribution >= 4 is 50.0 Å². The van der Waals surface area contributed by atoms with Gasteiger partial charge >= 0.3 is 0 Å². The molecule has 0 aromatic heterocycles. The zero-order valence-electron chi connectivity index (χ0n) is 18.3. The lowest BCUT2D eigenvalue weighted by Gasteiger charge is -2.37. The van der Waals surface area contributed by atoms with Crippen LogP contribution in [0.1, 0.15) is 51.6 Å². The van der Waals surface area contributed by atoms with E-state index >= 15 is 0 Å². The van der Waals surface area contributed by atoms with Crippen molar-refractivity contribution in [2.45, 2.75) is 64.2 Å². The number of carbonyl (C=O) groups is 3. The summed E-state index contributed by atoms with van der Waals surface area (Å²) < 4.78 is 6.28. The molecule has 1 fully saturated rings. The van der Waals surface area contributed by atoms with Crippen LogP contribution in [-0.2, 0) is 18.8 Å². The number of halogens is 2. The average Bonchev–Trinajstić information content (AvgIpc) is 2.87. The normalized spacial score (nSPS) is 19.2. The Balaban J connectivity index is 2.35. The summed E-state index contributed by atoms with van der Waals surface area (Å²) >= 11 is 12.5. The summed E-state index contributed by atoms with van der Waals surface area (Å²) in [5, 5.41) is 1.02. The number of hydrogen-bond donors (Lipinski definition) is 0. The standard InChI is InChI=1S/C22H31Cl2NO4Si/c1-21(2,3)30(4,5)29-13-10-25-19(17-7-6-16(23)14-18(17)24)15-22(8-11-26,9-12-27)20(25)28/h6-7,11-12,14,19H,8-10,13,15H2,1-5H3/t19-/m1/s1. The molecule has 0 radical (unpaired) electrons. The molecule has 0 bridgehead atoms. The van der Waals surface area contributed by atoms with Gasteiger partial charge in [-0.3, -0.25) is 4.79 Å². The van der Waals surface area contributed by atoms with Gasteiger partial charge in [0.05, 0.1) is 18.1 Å². The van der Waals surface area contributed by atoms with Gasteiger partial charge in [-0.1, -0.05) is 50.0 Å². The molecule has 30 heavy (non-hydrogen) atoms. The van der Waals surface area contributed by atoms with E-state index in [9.17, 15) is 14.4 Å². The second-order valence-electron chi connectivity index (χ2n) is 9.51. The van der Waals surface area contributed by atoms with Crippen molar-refractivity contribution < 1.29 is 18.8 Å². The number of carbonyl (C=O) groups excluding carboxylic acids is 3. The molecule has 0 spiro atoms. The van der Waals surface area contributed by atoms with Crippen LogP contribution in [0.2, 0.25) is 28.2 Å². The summed E-state index contributed by atoms with van der Waals surface area (Å²) in [5.41, 5.74) is -0.269. The van der Waals surface area contributed by atoms with E-state index in [2.05, 4.69) is 33.9 Å². The highest BCUT2D eigenvalue weighted by molar-refractivity contribution is 6.74. The van der Waals surface area contributed by atoms with Gasteiger partial charge in [-0.2, -0.15) is 0 Å². The predicted octanol–water partition coefficient (Wildman–Crippen LogP) is 5.45. The van der Waals surface area contributed by atoms with Gasteiger partial charge in [0.2, 0.25) is 5.91 Å². The molecule has 1 atom stereocenters. The summed E-state index contributed by atoms with van der Waals surface area (Å²) in [6.07, 6.45) is 1.80. The summed E-state index contributed by atoms with van der Waals surface area (Å²) in [7, 11) is -1.98. The Hall–Kier alpha value is -1.21. The van der Waals surface area contributed by atoms with E-state index in [1.165, 1.54) is 0 Å². The molecule has 1 heterocycles. The van der Waals surface area contributed by atoms with Crippen LogP contribution in [0.4, 0.5) is 0 Å². The summed E-state index contributed by atoms with van der Waals surface area (Å²) in [6, 6.07) is 4.84. The van der Waals surface area contributed by atoms with Crippen LogP contribution < -0.4 is 0 Å². The van der Waals surface area contributed by atoms with Crippen molar-refractivity contribution in [3.8, 4) is 0 Å². The van der Waals surface area contributed by atoms with Crippen molar-refractivity contribution in [2.75, 3.05) is 13.2 Å². The number of likely N-dealkylation sites (tertiary alicyclic amines) is 1. The van der Waals surface area contributed by atoms with E-state index < -0.39 is 13.7 Å². The Labute approximate surface area is 190 Å². The quantitative estimate of drug-likeness (QED) is 0.354. The van der Waals surface area contributed by atoms with Crippen LogP contribution in [0.15, 0.2) is 18.2 Å². The fourth-order valence-corrected chi connectivity index (χ4v) is 5.25. The number of aldehydes is 2. The van der Waals surface area contributed by atoms with Crippen molar-refractivity contribution in [1.82, 2.24) is 4.90 Å². The fourth-order valence-electron chi connectivity index (χ4n) is 3.68. The first-order chi connectivity index (χ1) is 13.9. The van der Waals surface area contributed by atoms with Crippen LogP contribution in [0, 0.1) is 5.41 Å². The molecule has 1 aliphatic rings.